The molecule has 118 valence electrons. The van der Waals surface area contributed by atoms with Crippen molar-refractivity contribution < 1.29 is 19.2 Å². The lowest BCUT2D eigenvalue weighted by Gasteiger charge is -2.07. The SMILES string of the molecule is O=C(COC(=O)c1cc([N+](=O)[O-])ccc1Cl)Nc1ccccc1. The van der Waals surface area contributed by atoms with Crippen LogP contribution < -0.4 is 5.32 Å². The second kappa shape index (κ2) is 7.37. The molecule has 0 aliphatic rings. The number of hydrogen-bond acceptors (Lipinski definition) is 5. The number of hydrogen-bond donors (Lipinski definition) is 1. The van der Waals surface area contributed by atoms with Crippen LogP contribution in [0.25, 0.3) is 0 Å². The second-order valence-electron chi connectivity index (χ2n) is 4.41. The van der Waals surface area contributed by atoms with Crippen molar-refractivity contribution >= 4 is 34.9 Å². The van der Waals surface area contributed by atoms with Crippen molar-refractivity contribution in [2.75, 3.05) is 11.9 Å². The van der Waals surface area contributed by atoms with Crippen molar-refractivity contribution in [2.45, 2.75) is 0 Å². The van der Waals surface area contributed by atoms with E-state index in [0.717, 1.165) is 6.07 Å². The van der Waals surface area contributed by atoms with E-state index in [1.54, 1.807) is 30.3 Å². The van der Waals surface area contributed by atoms with Crippen LogP contribution in [0.5, 0.6) is 0 Å². The molecular formula is C15H11ClN2O5. The van der Waals surface area contributed by atoms with Gasteiger partial charge in [0.15, 0.2) is 6.61 Å². The summed E-state index contributed by atoms with van der Waals surface area (Å²) in [5.74, 6) is -1.45. The molecule has 0 atom stereocenters. The normalized spacial score (nSPS) is 9.96. The van der Waals surface area contributed by atoms with Crippen LogP contribution in [0.1, 0.15) is 10.4 Å². The highest BCUT2D eigenvalue weighted by atomic mass is 35.5. The summed E-state index contributed by atoms with van der Waals surface area (Å²) in [6.45, 7) is -0.535. The van der Waals surface area contributed by atoms with E-state index in [-0.39, 0.29) is 16.3 Å². The Bertz CT molecular complexity index is 749. The number of rotatable bonds is 5. The zero-order chi connectivity index (χ0) is 16.8. The fourth-order valence-corrected chi connectivity index (χ4v) is 1.91. The monoisotopic (exact) mass is 334 g/mol. The summed E-state index contributed by atoms with van der Waals surface area (Å²) in [5.41, 5.74) is 0.0883. The maximum Gasteiger partial charge on any atom is 0.340 e. The predicted octanol–water partition coefficient (Wildman–Crippen LogP) is 3.04. The molecule has 0 radical (unpaired) electrons. The van der Waals surface area contributed by atoms with Crippen LogP contribution >= 0.6 is 11.6 Å². The number of nitrogens with one attached hydrogen (secondary N) is 1. The third-order valence-corrected chi connectivity index (χ3v) is 3.10. The predicted molar refractivity (Wildman–Crippen MR) is 83.5 cm³/mol. The smallest absolute Gasteiger partial charge is 0.340 e. The molecule has 7 nitrogen and oxygen atoms in total. The lowest BCUT2D eigenvalue weighted by molar-refractivity contribution is -0.384. The van der Waals surface area contributed by atoms with E-state index >= 15 is 0 Å². The number of esters is 1. The first-order chi connectivity index (χ1) is 11.0. The van der Waals surface area contributed by atoms with Crippen LogP contribution in [0.15, 0.2) is 48.5 Å². The number of halogens is 1. The molecule has 2 aromatic rings. The topological polar surface area (TPSA) is 98.5 Å². The Hall–Kier alpha value is -2.93. The number of nitro groups is 1. The van der Waals surface area contributed by atoms with E-state index in [4.69, 9.17) is 16.3 Å². The molecule has 0 saturated heterocycles. The van der Waals surface area contributed by atoms with Gasteiger partial charge in [0.2, 0.25) is 0 Å². The molecule has 0 saturated carbocycles. The molecule has 8 heteroatoms. The molecule has 0 spiro atoms. The molecule has 0 bridgehead atoms. The highest BCUT2D eigenvalue weighted by Gasteiger charge is 2.18. The fraction of sp³-hybridized carbons (Fsp3) is 0.0667. The number of nitro benzene ring substituents is 1. The molecule has 0 heterocycles. The van der Waals surface area contributed by atoms with Gasteiger partial charge in [-0.05, 0) is 18.2 Å². The molecule has 0 unspecified atom stereocenters. The van der Waals surface area contributed by atoms with Gasteiger partial charge in [-0.3, -0.25) is 14.9 Å². The number of benzene rings is 2. The van der Waals surface area contributed by atoms with Crippen LogP contribution in [0.3, 0.4) is 0 Å². The molecule has 1 amide bonds. The van der Waals surface area contributed by atoms with Gasteiger partial charge in [0, 0.05) is 17.8 Å². The zero-order valence-corrected chi connectivity index (χ0v) is 12.4. The Kier molecular flexibility index (Phi) is 5.27. The average Bonchev–Trinajstić information content (AvgIpc) is 2.53. The van der Waals surface area contributed by atoms with Crippen LogP contribution in [-0.2, 0) is 9.53 Å². The molecule has 23 heavy (non-hydrogen) atoms. The standard InChI is InChI=1S/C15H11ClN2O5/c16-13-7-6-11(18(21)22)8-12(13)15(20)23-9-14(19)17-10-4-2-1-3-5-10/h1-8H,9H2,(H,17,19). The van der Waals surface area contributed by atoms with E-state index in [1.807, 2.05) is 0 Å². The number of ether oxygens (including phenoxy) is 1. The number of amides is 1. The van der Waals surface area contributed by atoms with Crippen molar-refractivity contribution in [3.8, 4) is 0 Å². The Balaban J connectivity index is 1.98. The van der Waals surface area contributed by atoms with Gasteiger partial charge in [0.1, 0.15) is 0 Å². The van der Waals surface area contributed by atoms with Crippen molar-refractivity contribution in [1.82, 2.24) is 0 Å². The number of non-ortho nitro benzene ring substituents is 1. The average molecular weight is 335 g/mol. The maximum absolute atomic E-state index is 11.9. The summed E-state index contributed by atoms with van der Waals surface area (Å²) in [7, 11) is 0. The van der Waals surface area contributed by atoms with Crippen molar-refractivity contribution in [2.24, 2.45) is 0 Å². The van der Waals surface area contributed by atoms with Gasteiger partial charge in [-0.1, -0.05) is 29.8 Å². The van der Waals surface area contributed by atoms with E-state index in [0.29, 0.717) is 5.69 Å². The highest BCUT2D eigenvalue weighted by molar-refractivity contribution is 6.33. The highest BCUT2D eigenvalue weighted by Crippen LogP contribution is 2.22. The third-order valence-electron chi connectivity index (χ3n) is 2.77. The van der Waals surface area contributed by atoms with Gasteiger partial charge in [-0.15, -0.1) is 0 Å². The number of para-hydroxylation sites is 1. The van der Waals surface area contributed by atoms with Crippen molar-refractivity contribution in [3.05, 3.63) is 69.2 Å². The van der Waals surface area contributed by atoms with Gasteiger partial charge in [0.05, 0.1) is 15.5 Å². The van der Waals surface area contributed by atoms with Crippen molar-refractivity contribution in [1.29, 1.82) is 0 Å². The Morgan fingerprint density at radius 2 is 1.87 bits per heavy atom. The minimum Gasteiger partial charge on any atom is -0.452 e. The fourth-order valence-electron chi connectivity index (χ4n) is 1.71. The first-order valence-electron chi connectivity index (χ1n) is 6.43. The molecule has 2 rings (SSSR count). The molecular weight excluding hydrogens is 324 g/mol. The van der Waals surface area contributed by atoms with Gasteiger partial charge in [-0.2, -0.15) is 0 Å². The Labute approximate surface area is 136 Å². The van der Waals surface area contributed by atoms with Crippen LogP contribution in [0.2, 0.25) is 5.02 Å². The summed E-state index contributed by atoms with van der Waals surface area (Å²) in [4.78, 5) is 33.6. The van der Waals surface area contributed by atoms with Gasteiger partial charge in [0.25, 0.3) is 11.6 Å². The quantitative estimate of drug-likeness (QED) is 0.514. The Morgan fingerprint density at radius 3 is 2.52 bits per heavy atom. The van der Waals surface area contributed by atoms with Crippen LogP contribution in [0.4, 0.5) is 11.4 Å². The van der Waals surface area contributed by atoms with Crippen molar-refractivity contribution in [3.63, 3.8) is 0 Å². The number of nitrogens with zero attached hydrogens (tertiary/aromatic N) is 1. The first kappa shape index (κ1) is 16.4. The summed E-state index contributed by atoms with van der Waals surface area (Å²) in [6, 6.07) is 12.0. The summed E-state index contributed by atoms with van der Waals surface area (Å²) >= 11 is 5.82. The van der Waals surface area contributed by atoms with Crippen LogP contribution in [-0.4, -0.2) is 23.4 Å². The summed E-state index contributed by atoms with van der Waals surface area (Å²) in [5, 5.41) is 13.2. The second-order valence-corrected chi connectivity index (χ2v) is 4.82. The third kappa shape index (κ3) is 4.52. The first-order valence-corrected chi connectivity index (χ1v) is 6.81. The molecule has 0 aliphatic heterocycles. The summed E-state index contributed by atoms with van der Waals surface area (Å²) < 4.78 is 4.82. The molecule has 1 N–H and O–H groups in total. The minimum atomic E-state index is -0.915. The minimum absolute atomic E-state index is 0.00377. The van der Waals surface area contributed by atoms with Gasteiger partial charge < -0.3 is 10.1 Å². The lowest BCUT2D eigenvalue weighted by atomic mass is 10.2. The van der Waals surface area contributed by atoms with Gasteiger partial charge >= 0.3 is 5.97 Å². The number of carbonyl (C=O) groups excluding carboxylic acids is 2. The lowest BCUT2D eigenvalue weighted by Crippen LogP contribution is -2.21. The number of carbonyl (C=O) groups is 2. The van der Waals surface area contributed by atoms with E-state index in [2.05, 4.69) is 5.32 Å². The van der Waals surface area contributed by atoms with E-state index in [1.165, 1.54) is 12.1 Å². The zero-order valence-electron chi connectivity index (χ0n) is 11.7. The molecule has 0 aromatic heterocycles. The van der Waals surface area contributed by atoms with Crippen LogP contribution in [0, 0.1) is 10.1 Å². The molecule has 0 fully saturated rings. The van der Waals surface area contributed by atoms with E-state index in [9.17, 15) is 19.7 Å². The summed E-state index contributed by atoms with van der Waals surface area (Å²) in [6.07, 6.45) is 0. The maximum atomic E-state index is 11.9. The van der Waals surface area contributed by atoms with E-state index < -0.39 is 23.4 Å². The van der Waals surface area contributed by atoms with Gasteiger partial charge in [-0.25, -0.2) is 4.79 Å². The molecule has 0 aliphatic carbocycles. The molecule has 2 aromatic carbocycles. The number of anilines is 1. The largest absolute Gasteiger partial charge is 0.452 e. The Morgan fingerprint density at radius 1 is 1.17 bits per heavy atom.